The molecular formula is C20H19NO4. The molecule has 3 rings (SSSR count). The van der Waals surface area contributed by atoms with E-state index < -0.39 is 5.97 Å². The Balaban J connectivity index is 2.10. The minimum Gasteiger partial charge on any atom is -0.497 e. The number of nitrogens with zero attached hydrogens (tertiary/aromatic N) is 1. The quantitative estimate of drug-likeness (QED) is 0.747. The van der Waals surface area contributed by atoms with Crippen LogP contribution in [0, 0.1) is 0 Å². The summed E-state index contributed by atoms with van der Waals surface area (Å²) in [4.78, 5) is 23.8. The van der Waals surface area contributed by atoms with E-state index in [-0.39, 0.29) is 12.0 Å². The van der Waals surface area contributed by atoms with Crippen LogP contribution < -0.4 is 10.3 Å². The summed E-state index contributed by atoms with van der Waals surface area (Å²) in [6, 6.07) is 16.9. The van der Waals surface area contributed by atoms with Gasteiger partial charge in [-0.3, -0.25) is 9.59 Å². The molecule has 1 aromatic heterocycles. The van der Waals surface area contributed by atoms with Crippen LogP contribution in [0.1, 0.15) is 12.8 Å². The van der Waals surface area contributed by atoms with Crippen molar-refractivity contribution in [1.82, 2.24) is 4.57 Å². The van der Waals surface area contributed by atoms with Gasteiger partial charge in [0.15, 0.2) is 0 Å². The number of para-hydroxylation sites is 1. The van der Waals surface area contributed by atoms with E-state index in [1.54, 1.807) is 11.7 Å². The van der Waals surface area contributed by atoms with Gasteiger partial charge in [0.1, 0.15) is 5.75 Å². The van der Waals surface area contributed by atoms with Crippen molar-refractivity contribution in [2.75, 3.05) is 7.11 Å². The molecule has 0 unspecified atom stereocenters. The summed E-state index contributed by atoms with van der Waals surface area (Å²) in [5.41, 5.74) is 2.10. The van der Waals surface area contributed by atoms with E-state index in [0.29, 0.717) is 18.5 Å². The molecule has 0 saturated carbocycles. The number of carboxylic acid groups (broad SMARTS) is 1. The van der Waals surface area contributed by atoms with E-state index >= 15 is 0 Å². The summed E-state index contributed by atoms with van der Waals surface area (Å²) in [6.45, 7) is 0.371. The fourth-order valence-electron chi connectivity index (χ4n) is 2.92. The third kappa shape index (κ3) is 3.55. The number of aryl methyl sites for hydroxylation is 1. The maximum absolute atomic E-state index is 13.0. The first-order valence-electron chi connectivity index (χ1n) is 8.09. The molecule has 0 bridgehead atoms. The smallest absolute Gasteiger partial charge is 0.303 e. The van der Waals surface area contributed by atoms with E-state index in [0.717, 1.165) is 22.2 Å². The van der Waals surface area contributed by atoms with Crippen molar-refractivity contribution < 1.29 is 14.6 Å². The number of rotatable bonds is 6. The van der Waals surface area contributed by atoms with Gasteiger partial charge in [-0.15, -0.1) is 0 Å². The Morgan fingerprint density at radius 3 is 2.52 bits per heavy atom. The second kappa shape index (κ2) is 7.21. The lowest BCUT2D eigenvalue weighted by atomic mass is 10.0. The van der Waals surface area contributed by atoms with Crippen molar-refractivity contribution in [2.24, 2.45) is 0 Å². The van der Waals surface area contributed by atoms with Crippen molar-refractivity contribution in [2.45, 2.75) is 19.4 Å². The lowest BCUT2D eigenvalue weighted by molar-refractivity contribution is -0.137. The van der Waals surface area contributed by atoms with E-state index in [2.05, 4.69) is 0 Å². The fourth-order valence-corrected chi connectivity index (χ4v) is 2.92. The summed E-state index contributed by atoms with van der Waals surface area (Å²) in [7, 11) is 1.60. The number of aromatic nitrogens is 1. The number of ether oxygens (including phenoxy) is 1. The standard InChI is InChI=1S/C20H19NO4/c1-25-16-10-8-14(9-11-16)17-13-15-5-2-3-6-18(15)21(20(17)24)12-4-7-19(22)23/h2-3,5-6,8-11,13H,4,7,12H2,1H3,(H,22,23). The molecule has 0 saturated heterocycles. The Labute approximate surface area is 145 Å². The van der Waals surface area contributed by atoms with E-state index in [4.69, 9.17) is 9.84 Å². The predicted octanol–water partition coefficient (Wildman–Crippen LogP) is 3.54. The lowest BCUT2D eigenvalue weighted by Crippen LogP contribution is -2.22. The van der Waals surface area contributed by atoms with E-state index in [1.807, 2.05) is 54.6 Å². The highest BCUT2D eigenvalue weighted by atomic mass is 16.5. The van der Waals surface area contributed by atoms with Gasteiger partial charge < -0.3 is 14.4 Å². The van der Waals surface area contributed by atoms with Crippen molar-refractivity contribution in [1.29, 1.82) is 0 Å². The molecule has 3 aromatic rings. The zero-order valence-corrected chi connectivity index (χ0v) is 13.9. The summed E-state index contributed by atoms with van der Waals surface area (Å²) in [5, 5.41) is 9.80. The molecule has 2 aromatic carbocycles. The van der Waals surface area contributed by atoms with Gasteiger partial charge in [0.25, 0.3) is 5.56 Å². The monoisotopic (exact) mass is 337 g/mol. The predicted molar refractivity (Wildman–Crippen MR) is 97.1 cm³/mol. The molecule has 5 heteroatoms. The first-order chi connectivity index (χ1) is 12.1. The molecule has 5 nitrogen and oxygen atoms in total. The number of carbonyl (C=O) groups is 1. The second-order valence-electron chi connectivity index (χ2n) is 5.80. The average molecular weight is 337 g/mol. The Bertz CT molecular complexity index is 958. The largest absolute Gasteiger partial charge is 0.497 e. The third-order valence-corrected chi connectivity index (χ3v) is 4.18. The number of methoxy groups -OCH3 is 1. The molecule has 1 N–H and O–H groups in total. The van der Waals surface area contributed by atoms with Gasteiger partial charge in [-0.25, -0.2) is 0 Å². The Morgan fingerprint density at radius 1 is 1.12 bits per heavy atom. The molecular weight excluding hydrogens is 318 g/mol. The van der Waals surface area contributed by atoms with Crippen molar-refractivity contribution >= 4 is 16.9 Å². The van der Waals surface area contributed by atoms with Crippen LogP contribution in [0.25, 0.3) is 22.0 Å². The molecule has 128 valence electrons. The van der Waals surface area contributed by atoms with Gasteiger partial charge in [-0.2, -0.15) is 0 Å². The summed E-state index contributed by atoms with van der Waals surface area (Å²) in [5.74, 6) is -0.130. The SMILES string of the molecule is COc1ccc(-c2cc3ccccc3n(CCCC(=O)O)c2=O)cc1. The normalized spacial score (nSPS) is 10.8. The van der Waals surface area contributed by atoms with Gasteiger partial charge >= 0.3 is 5.97 Å². The van der Waals surface area contributed by atoms with Crippen LogP contribution in [-0.4, -0.2) is 22.8 Å². The van der Waals surface area contributed by atoms with Crippen LogP contribution in [0.15, 0.2) is 59.4 Å². The summed E-state index contributed by atoms with van der Waals surface area (Å²) >= 11 is 0. The van der Waals surface area contributed by atoms with Gasteiger partial charge in [0, 0.05) is 18.5 Å². The van der Waals surface area contributed by atoms with Gasteiger partial charge in [0.2, 0.25) is 0 Å². The fraction of sp³-hybridized carbons (Fsp3) is 0.200. The third-order valence-electron chi connectivity index (χ3n) is 4.18. The molecule has 25 heavy (non-hydrogen) atoms. The Kier molecular flexibility index (Phi) is 4.84. The van der Waals surface area contributed by atoms with Gasteiger partial charge in [-0.1, -0.05) is 30.3 Å². The zero-order chi connectivity index (χ0) is 17.8. The summed E-state index contributed by atoms with van der Waals surface area (Å²) in [6.07, 6.45) is 0.443. The molecule has 0 spiro atoms. The molecule has 1 heterocycles. The van der Waals surface area contributed by atoms with Gasteiger partial charge in [-0.05, 0) is 41.6 Å². The first-order valence-corrected chi connectivity index (χ1v) is 8.09. The molecule has 0 aliphatic heterocycles. The van der Waals surface area contributed by atoms with Crippen LogP contribution in [-0.2, 0) is 11.3 Å². The number of benzene rings is 2. The Morgan fingerprint density at radius 2 is 1.84 bits per heavy atom. The number of aliphatic carboxylic acids is 1. The van der Waals surface area contributed by atoms with Crippen LogP contribution in [0.4, 0.5) is 0 Å². The first kappa shape index (κ1) is 16.8. The number of hydrogen-bond donors (Lipinski definition) is 1. The van der Waals surface area contributed by atoms with E-state index in [9.17, 15) is 9.59 Å². The van der Waals surface area contributed by atoms with Crippen molar-refractivity contribution in [3.8, 4) is 16.9 Å². The molecule has 0 aliphatic carbocycles. The van der Waals surface area contributed by atoms with Crippen LogP contribution >= 0.6 is 0 Å². The Hall–Kier alpha value is -3.08. The molecule has 0 radical (unpaired) electrons. The topological polar surface area (TPSA) is 68.5 Å². The highest BCUT2D eigenvalue weighted by molar-refractivity contribution is 5.84. The van der Waals surface area contributed by atoms with E-state index in [1.165, 1.54) is 0 Å². The zero-order valence-electron chi connectivity index (χ0n) is 13.9. The minimum absolute atomic E-state index is 0.0352. The maximum atomic E-state index is 13.0. The van der Waals surface area contributed by atoms with Crippen LogP contribution in [0.2, 0.25) is 0 Å². The second-order valence-corrected chi connectivity index (χ2v) is 5.80. The number of fused-ring (bicyclic) bond motifs is 1. The molecule has 0 aliphatic rings. The lowest BCUT2D eigenvalue weighted by Gasteiger charge is -2.13. The van der Waals surface area contributed by atoms with Crippen LogP contribution in [0.3, 0.4) is 0 Å². The number of hydrogen-bond acceptors (Lipinski definition) is 3. The van der Waals surface area contributed by atoms with Crippen molar-refractivity contribution in [3.05, 3.63) is 65.0 Å². The highest BCUT2D eigenvalue weighted by Crippen LogP contribution is 2.23. The highest BCUT2D eigenvalue weighted by Gasteiger charge is 2.11. The summed E-state index contributed by atoms with van der Waals surface area (Å²) < 4.78 is 6.83. The molecule has 0 fully saturated rings. The number of pyridine rings is 1. The van der Waals surface area contributed by atoms with Crippen LogP contribution in [0.5, 0.6) is 5.75 Å². The number of carboxylic acids is 1. The molecule has 0 atom stereocenters. The maximum Gasteiger partial charge on any atom is 0.303 e. The van der Waals surface area contributed by atoms with Gasteiger partial charge in [0.05, 0.1) is 12.6 Å². The van der Waals surface area contributed by atoms with Crippen molar-refractivity contribution in [3.63, 3.8) is 0 Å². The average Bonchev–Trinajstić information content (AvgIpc) is 2.63. The molecule has 0 amide bonds. The minimum atomic E-state index is -0.858.